The number of likely N-dealkylation sites (tertiary alicyclic amines) is 2. The lowest BCUT2D eigenvalue weighted by atomic mass is 9.72. The molecule has 2 atom stereocenters. The number of carbonyl (C=O) groups is 5. The Bertz CT molecular complexity index is 4050. The lowest BCUT2D eigenvalue weighted by molar-refractivity contribution is -0.143. The Kier molecular flexibility index (Phi) is 25.3. The second kappa shape index (κ2) is 34.5. The van der Waals surface area contributed by atoms with Gasteiger partial charge < -0.3 is 44.0 Å². The normalized spacial score (nSPS) is 17.8. The zero-order chi connectivity index (χ0) is 74.5. The molecule has 0 radical (unpaired) electrons. The van der Waals surface area contributed by atoms with Crippen molar-refractivity contribution in [1.82, 2.24) is 34.3 Å². The van der Waals surface area contributed by atoms with Gasteiger partial charge in [0.2, 0.25) is 11.8 Å². The SMILES string of the molecule is CN(CCN1CCC(N(C(=O)O)c2ccccc2-c2ccccc2)CC1)C(=O)CCCCCN(Cc1ccccc1)Cc1ccc(C(=O)N(C)CCCN(C)C(=O)CO[C@H]2Cc3ccccc3C23CCN(CC[C@@]2(c4ccc(F)cc4)CN(C(=O)c4cc(C(F)(F)F)cc(C(F)(F)F)c4)CO2)CC3)cc1. The molecule has 3 heterocycles. The smallest absolute Gasteiger partial charge is 0.416 e. The van der Waals surface area contributed by atoms with Crippen molar-refractivity contribution < 1.29 is 69.3 Å². The summed E-state index contributed by atoms with van der Waals surface area (Å²) in [5.41, 5.74) is 2.46. The number of carboxylic acid groups (broad SMARTS) is 1. The highest BCUT2D eigenvalue weighted by Gasteiger charge is 2.50. The number of amides is 5. The van der Waals surface area contributed by atoms with Gasteiger partial charge in [-0.1, -0.05) is 134 Å². The van der Waals surface area contributed by atoms with Crippen LogP contribution in [0.2, 0.25) is 0 Å². The monoisotopic (exact) mass is 1450 g/mol. The largest absolute Gasteiger partial charge is 0.465 e. The topological polar surface area (TPSA) is 150 Å². The third kappa shape index (κ3) is 19.4. The maximum atomic E-state index is 14.3. The summed E-state index contributed by atoms with van der Waals surface area (Å²) in [7, 11) is 5.34. The molecule has 7 aromatic rings. The Hall–Kier alpha value is -9.00. The number of hydrogen-bond acceptors (Lipinski definition) is 10. The average Bonchev–Trinajstić information content (AvgIpc) is 1.60. The summed E-state index contributed by atoms with van der Waals surface area (Å²) >= 11 is 0. The molecular formula is C82H93F7N8O8. The molecule has 105 heavy (non-hydrogen) atoms. The fourth-order valence-corrected chi connectivity index (χ4v) is 15.4. The van der Waals surface area contributed by atoms with E-state index < -0.39 is 64.6 Å². The summed E-state index contributed by atoms with van der Waals surface area (Å²) < 4.78 is 110. The number of likely N-dealkylation sites (N-methyl/N-ethyl adjacent to an activating group) is 2. The van der Waals surface area contributed by atoms with Crippen LogP contribution in [0, 0.1) is 5.82 Å². The zero-order valence-electron chi connectivity index (χ0n) is 59.8. The van der Waals surface area contributed by atoms with Crippen molar-refractivity contribution in [3.63, 3.8) is 0 Å². The number of nitrogens with zero attached hydrogens (tertiary/aromatic N) is 8. The highest BCUT2D eigenvalue weighted by atomic mass is 19.4. The van der Waals surface area contributed by atoms with E-state index in [-0.39, 0.29) is 55.5 Å². The maximum absolute atomic E-state index is 14.3. The van der Waals surface area contributed by atoms with Gasteiger partial charge >= 0.3 is 18.4 Å². The number of rotatable bonds is 29. The molecule has 0 unspecified atom stereocenters. The van der Waals surface area contributed by atoms with Gasteiger partial charge in [-0.2, -0.15) is 26.3 Å². The van der Waals surface area contributed by atoms with E-state index in [1.165, 1.54) is 34.7 Å². The van der Waals surface area contributed by atoms with Gasteiger partial charge in [0.15, 0.2) is 0 Å². The van der Waals surface area contributed by atoms with E-state index in [9.17, 15) is 59.8 Å². The predicted octanol–water partition coefficient (Wildman–Crippen LogP) is 14.5. The molecule has 7 aromatic carbocycles. The summed E-state index contributed by atoms with van der Waals surface area (Å²) in [4.78, 5) is 82.1. The Morgan fingerprint density at radius 1 is 0.600 bits per heavy atom. The summed E-state index contributed by atoms with van der Waals surface area (Å²) in [5, 5.41) is 10.4. The first-order chi connectivity index (χ1) is 50.4. The maximum Gasteiger partial charge on any atom is 0.416 e. The van der Waals surface area contributed by atoms with E-state index in [1.807, 2.05) is 121 Å². The number of alkyl halides is 6. The van der Waals surface area contributed by atoms with Gasteiger partial charge in [-0.25, -0.2) is 9.18 Å². The number of fused-ring (bicyclic) bond motifs is 2. The minimum Gasteiger partial charge on any atom is -0.465 e. The van der Waals surface area contributed by atoms with Crippen molar-refractivity contribution in [2.24, 2.45) is 0 Å². The van der Waals surface area contributed by atoms with Crippen LogP contribution in [0.1, 0.15) is 124 Å². The fourth-order valence-electron chi connectivity index (χ4n) is 15.4. The molecule has 0 saturated carbocycles. The van der Waals surface area contributed by atoms with Gasteiger partial charge in [-0.05, 0) is 159 Å². The van der Waals surface area contributed by atoms with Crippen molar-refractivity contribution in [1.29, 1.82) is 0 Å². The van der Waals surface area contributed by atoms with Crippen LogP contribution in [-0.4, -0.2) is 188 Å². The third-order valence-corrected chi connectivity index (χ3v) is 21.5. The van der Waals surface area contributed by atoms with E-state index in [2.05, 4.69) is 39.0 Å². The number of benzene rings is 7. The molecule has 16 nitrogen and oxygen atoms in total. The van der Waals surface area contributed by atoms with E-state index in [1.54, 1.807) is 23.9 Å². The number of unbranched alkanes of at least 4 members (excludes halogenated alkanes) is 2. The van der Waals surface area contributed by atoms with Gasteiger partial charge in [0.1, 0.15) is 24.8 Å². The number of halogens is 7. The van der Waals surface area contributed by atoms with Gasteiger partial charge in [0.05, 0.1) is 29.5 Å². The number of carbonyl (C=O) groups excluding carboxylic acids is 4. The number of hydrogen-bond donors (Lipinski definition) is 1. The molecule has 11 rings (SSSR count). The highest BCUT2D eigenvalue weighted by molar-refractivity contribution is 5.96. The van der Waals surface area contributed by atoms with Crippen molar-refractivity contribution >= 4 is 35.4 Å². The van der Waals surface area contributed by atoms with Crippen LogP contribution in [0.25, 0.3) is 11.1 Å². The number of anilines is 1. The molecule has 1 N–H and O–H groups in total. The standard InChI is InChI=1S/C82H93F7N8O8/c1-90(75(99)56-104-73-52-63-22-12-14-24-71(63)79(73)37-45-94(46-38-79)47-39-80(65-31-33-68(83)34-32-65)57-96(58-105-80)77(101)64-50-66(81(84,85)86)53-67(51-64)82(87,88)89)40-17-41-92(3)76(100)62-29-27-60(28-30-62)55-95(54-59-18-7-4-8-19-59)42-16-6-11-26-74(98)91(2)48-49-93-43-35-69(36-44-93)97(78(102)103)72-25-15-13-23-70(72)61-20-9-5-10-21-61/h4-5,7-10,12-15,18-25,27-34,50-51,53,69,73H,6,11,16-17,26,35-49,52,54-58H2,1-3H3,(H,102,103)/t73-,80-/m0/s1. The van der Waals surface area contributed by atoms with Crippen LogP contribution in [0.5, 0.6) is 0 Å². The number of piperidine rings is 2. The molecule has 4 aliphatic rings. The third-order valence-electron chi connectivity index (χ3n) is 21.5. The van der Waals surface area contributed by atoms with Crippen LogP contribution < -0.4 is 4.90 Å². The molecule has 3 fully saturated rings. The Morgan fingerprint density at radius 3 is 1.87 bits per heavy atom. The Balaban J connectivity index is 0.604. The summed E-state index contributed by atoms with van der Waals surface area (Å²) in [6.45, 7) is 6.66. The first-order valence-electron chi connectivity index (χ1n) is 36.2. The summed E-state index contributed by atoms with van der Waals surface area (Å²) in [6, 6.07) is 49.8. The van der Waals surface area contributed by atoms with Crippen LogP contribution in [0.15, 0.2) is 176 Å². The number of para-hydroxylation sites is 1. The highest BCUT2D eigenvalue weighted by Crippen LogP contribution is 2.49. The minimum absolute atomic E-state index is 0.0273. The molecule has 1 aliphatic carbocycles. The summed E-state index contributed by atoms with van der Waals surface area (Å²) in [6.07, 6.45) is -4.42. The van der Waals surface area contributed by atoms with Gasteiger partial charge in [0.25, 0.3) is 11.8 Å². The average molecular weight is 1450 g/mol. The van der Waals surface area contributed by atoms with E-state index in [0.29, 0.717) is 120 Å². The molecule has 1 spiro atoms. The quantitative estimate of drug-likeness (QED) is 0.0353. The van der Waals surface area contributed by atoms with Crippen molar-refractivity contribution in [2.75, 3.05) is 111 Å². The van der Waals surface area contributed by atoms with E-state index in [0.717, 1.165) is 84.7 Å². The molecule has 3 saturated heterocycles. The molecule has 23 heteroatoms. The van der Waals surface area contributed by atoms with Gasteiger partial charge in [0, 0.05) is 115 Å². The molecular weight excluding hydrogens is 1360 g/mol. The molecule has 0 bridgehead atoms. The second-order valence-electron chi connectivity index (χ2n) is 28.5. The van der Waals surface area contributed by atoms with Crippen LogP contribution in [0.4, 0.5) is 41.2 Å². The van der Waals surface area contributed by atoms with E-state index in [4.69, 9.17) is 9.47 Å². The van der Waals surface area contributed by atoms with Crippen molar-refractivity contribution in [3.8, 4) is 11.1 Å². The fraction of sp³-hybridized carbons (Fsp3) is 0.427. The van der Waals surface area contributed by atoms with Crippen LogP contribution in [-0.2, 0) is 61.9 Å². The molecule has 558 valence electrons. The Labute approximate surface area is 609 Å². The van der Waals surface area contributed by atoms with Gasteiger partial charge in [-0.15, -0.1) is 0 Å². The van der Waals surface area contributed by atoms with E-state index >= 15 is 0 Å². The lowest BCUT2D eigenvalue weighted by Crippen LogP contribution is -2.50. The molecule has 5 amide bonds. The molecule has 0 aromatic heterocycles. The van der Waals surface area contributed by atoms with Crippen LogP contribution in [0.3, 0.4) is 0 Å². The van der Waals surface area contributed by atoms with Crippen molar-refractivity contribution in [2.45, 2.75) is 119 Å². The van der Waals surface area contributed by atoms with Gasteiger partial charge in [-0.3, -0.25) is 29.0 Å². The second-order valence-corrected chi connectivity index (χ2v) is 28.5. The molecule has 3 aliphatic heterocycles. The summed E-state index contributed by atoms with van der Waals surface area (Å²) in [5.74, 6) is -1.82. The Morgan fingerprint density at radius 2 is 1.20 bits per heavy atom. The van der Waals surface area contributed by atoms with Crippen molar-refractivity contribution in [3.05, 3.63) is 232 Å². The predicted molar refractivity (Wildman–Crippen MR) is 388 cm³/mol. The number of ether oxygens (including phenoxy) is 2. The first-order valence-corrected chi connectivity index (χ1v) is 36.2. The zero-order valence-corrected chi connectivity index (χ0v) is 59.8. The first kappa shape index (κ1) is 77.1. The lowest BCUT2D eigenvalue weighted by Gasteiger charge is -2.44. The van der Waals surface area contributed by atoms with Crippen LogP contribution >= 0.6 is 0 Å². The minimum atomic E-state index is -5.15.